The minimum absolute atomic E-state index is 0.0211. The molecule has 0 aromatic carbocycles. The summed E-state index contributed by atoms with van der Waals surface area (Å²) >= 11 is 1.58. The van der Waals surface area contributed by atoms with E-state index in [1.54, 1.807) is 17.8 Å². The van der Waals surface area contributed by atoms with E-state index in [2.05, 4.69) is 9.97 Å². The molecule has 0 radical (unpaired) electrons. The third-order valence-corrected chi connectivity index (χ3v) is 2.99. The maximum atomic E-state index is 7.32. The van der Waals surface area contributed by atoms with Crippen LogP contribution < -0.4 is 5.73 Å². The van der Waals surface area contributed by atoms with E-state index in [-0.39, 0.29) is 5.84 Å². The Bertz CT molecular complexity index is 392. The fourth-order valence-corrected chi connectivity index (χ4v) is 2.14. The highest BCUT2D eigenvalue weighted by atomic mass is 32.2. The van der Waals surface area contributed by atoms with Crippen molar-refractivity contribution in [1.82, 2.24) is 9.97 Å². The quantitative estimate of drug-likeness (QED) is 0.445. The summed E-state index contributed by atoms with van der Waals surface area (Å²) in [6.45, 7) is 3.37. The van der Waals surface area contributed by atoms with Crippen LogP contribution in [0.15, 0.2) is 11.2 Å². The molecule has 0 unspecified atom stereocenters. The molecule has 0 aliphatic carbocycles. The largest absolute Gasteiger partial charge is 0.382 e. The molecule has 15 heavy (non-hydrogen) atoms. The standard InChI is InChI=1S/C9H12N4OS/c1-5-2-7(8(10)11)13-9(12-5)15-6-3-14-4-6/h2,6H,3-4H2,1H3,(H3,10,11). The van der Waals surface area contributed by atoms with Gasteiger partial charge in [-0.15, -0.1) is 0 Å². The molecular weight excluding hydrogens is 212 g/mol. The zero-order chi connectivity index (χ0) is 10.8. The van der Waals surface area contributed by atoms with Crippen LogP contribution >= 0.6 is 11.8 Å². The SMILES string of the molecule is Cc1cc(C(=N)N)nc(SC2COC2)n1. The van der Waals surface area contributed by atoms with Crippen LogP contribution in [0.5, 0.6) is 0 Å². The van der Waals surface area contributed by atoms with Crippen molar-refractivity contribution in [1.29, 1.82) is 5.41 Å². The molecule has 1 saturated heterocycles. The fourth-order valence-electron chi connectivity index (χ4n) is 1.16. The second-order valence-electron chi connectivity index (χ2n) is 3.37. The van der Waals surface area contributed by atoms with E-state index in [9.17, 15) is 0 Å². The van der Waals surface area contributed by atoms with Gasteiger partial charge < -0.3 is 10.5 Å². The van der Waals surface area contributed by atoms with Crippen molar-refractivity contribution >= 4 is 17.6 Å². The van der Waals surface area contributed by atoms with E-state index in [4.69, 9.17) is 15.9 Å². The summed E-state index contributed by atoms with van der Waals surface area (Å²) < 4.78 is 5.07. The van der Waals surface area contributed by atoms with Gasteiger partial charge in [0.1, 0.15) is 11.5 Å². The summed E-state index contributed by atoms with van der Waals surface area (Å²) in [5, 5.41) is 8.43. The Hall–Kier alpha value is -1.14. The van der Waals surface area contributed by atoms with E-state index in [1.807, 2.05) is 6.92 Å². The smallest absolute Gasteiger partial charge is 0.188 e. The first-order valence-corrected chi connectivity index (χ1v) is 5.47. The molecule has 6 heteroatoms. The zero-order valence-corrected chi connectivity index (χ0v) is 9.17. The van der Waals surface area contributed by atoms with Gasteiger partial charge in [-0.1, -0.05) is 11.8 Å². The number of ether oxygens (including phenoxy) is 1. The summed E-state index contributed by atoms with van der Waals surface area (Å²) in [5.74, 6) is -0.0211. The van der Waals surface area contributed by atoms with E-state index in [1.165, 1.54) is 0 Å². The van der Waals surface area contributed by atoms with Gasteiger partial charge in [-0.3, -0.25) is 5.41 Å². The number of thioether (sulfide) groups is 1. The molecule has 80 valence electrons. The topological polar surface area (TPSA) is 84.9 Å². The molecule has 1 aliphatic rings. The summed E-state index contributed by atoms with van der Waals surface area (Å²) in [4.78, 5) is 8.48. The van der Waals surface area contributed by atoms with Crippen LogP contribution in [0.3, 0.4) is 0 Å². The number of nitrogens with one attached hydrogen (secondary N) is 1. The molecule has 5 nitrogen and oxygen atoms in total. The number of aryl methyl sites for hydroxylation is 1. The molecule has 2 rings (SSSR count). The van der Waals surface area contributed by atoms with Crippen molar-refractivity contribution in [2.75, 3.05) is 13.2 Å². The summed E-state index contributed by atoms with van der Waals surface area (Å²) in [7, 11) is 0. The molecule has 0 atom stereocenters. The third kappa shape index (κ3) is 2.45. The van der Waals surface area contributed by atoms with Crippen molar-refractivity contribution in [3.8, 4) is 0 Å². The second-order valence-corrected chi connectivity index (χ2v) is 4.64. The Kier molecular flexibility index (Phi) is 2.88. The van der Waals surface area contributed by atoms with E-state index < -0.39 is 0 Å². The van der Waals surface area contributed by atoms with Gasteiger partial charge >= 0.3 is 0 Å². The first kappa shape index (κ1) is 10.4. The van der Waals surface area contributed by atoms with Crippen LogP contribution in [-0.2, 0) is 4.74 Å². The Balaban J connectivity index is 2.18. The predicted octanol–water partition coefficient (Wildman–Crippen LogP) is 0.560. The van der Waals surface area contributed by atoms with Crippen LogP contribution in [0, 0.1) is 12.3 Å². The van der Waals surface area contributed by atoms with Gasteiger partial charge in [0.25, 0.3) is 0 Å². The first-order valence-electron chi connectivity index (χ1n) is 4.59. The minimum Gasteiger partial charge on any atom is -0.382 e. The van der Waals surface area contributed by atoms with E-state index >= 15 is 0 Å². The number of nitrogen functional groups attached to an aromatic ring is 1. The van der Waals surface area contributed by atoms with Gasteiger partial charge in [0, 0.05) is 5.69 Å². The number of hydrogen-bond donors (Lipinski definition) is 2. The molecule has 2 heterocycles. The van der Waals surface area contributed by atoms with Gasteiger partial charge in [-0.2, -0.15) is 0 Å². The van der Waals surface area contributed by atoms with Crippen molar-refractivity contribution in [2.45, 2.75) is 17.3 Å². The van der Waals surface area contributed by atoms with E-state index in [0.29, 0.717) is 16.1 Å². The van der Waals surface area contributed by atoms with Crippen molar-refractivity contribution < 1.29 is 4.74 Å². The van der Waals surface area contributed by atoms with Crippen molar-refractivity contribution in [3.05, 3.63) is 17.5 Å². The third-order valence-electron chi connectivity index (χ3n) is 1.99. The lowest BCUT2D eigenvalue weighted by atomic mass is 10.3. The van der Waals surface area contributed by atoms with Gasteiger partial charge in [0.05, 0.1) is 18.5 Å². The fraction of sp³-hybridized carbons (Fsp3) is 0.444. The Morgan fingerprint density at radius 3 is 2.87 bits per heavy atom. The van der Waals surface area contributed by atoms with Crippen LogP contribution in [0.2, 0.25) is 0 Å². The maximum absolute atomic E-state index is 7.32. The Morgan fingerprint density at radius 2 is 2.33 bits per heavy atom. The number of hydrogen-bond acceptors (Lipinski definition) is 5. The molecule has 1 fully saturated rings. The molecular formula is C9H12N4OS. The number of rotatable bonds is 3. The van der Waals surface area contributed by atoms with Gasteiger partial charge in [-0.25, -0.2) is 9.97 Å². The van der Waals surface area contributed by atoms with Crippen LogP contribution in [0.4, 0.5) is 0 Å². The average Bonchev–Trinajstić information content (AvgIpc) is 2.10. The molecule has 0 bridgehead atoms. The van der Waals surface area contributed by atoms with Gasteiger partial charge in [0.2, 0.25) is 0 Å². The Morgan fingerprint density at radius 1 is 1.60 bits per heavy atom. The molecule has 0 saturated carbocycles. The van der Waals surface area contributed by atoms with Crippen molar-refractivity contribution in [3.63, 3.8) is 0 Å². The number of nitrogens with zero attached hydrogens (tertiary/aromatic N) is 2. The highest BCUT2D eigenvalue weighted by molar-refractivity contribution is 7.99. The lowest BCUT2D eigenvalue weighted by molar-refractivity contribution is 0.0454. The zero-order valence-electron chi connectivity index (χ0n) is 8.36. The normalized spacial score (nSPS) is 16.1. The highest BCUT2D eigenvalue weighted by Crippen LogP contribution is 2.25. The average molecular weight is 224 g/mol. The summed E-state index contributed by atoms with van der Waals surface area (Å²) in [6, 6.07) is 1.71. The summed E-state index contributed by atoms with van der Waals surface area (Å²) in [6.07, 6.45) is 0. The number of nitrogens with two attached hydrogens (primary N) is 1. The number of amidine groups is 1. The second kappa shape index (κ2) is 4.16. The van der Waals surface area contributed by atoms with Gasteiger partial charge in [-0.05, 0) is 13.0 Å². The minimum atomic E-state index is -0.0211. The van der Waals surface area contributed by atoms with Crippen LogP contribution in [0.1, 0.15) is 11.4 Å². The lowest BCUT2D eigenvalue weighted by Gasteiger charge is -2.24. The highest BCUT2D eigenvalue weighted by Gasteiger charge is 2.21. The van der Waals surface area contributed by atoms with E-state index in [0.717, 1.165) is 18.9 Å². The molecule has 1 aliphatic heterocycles. The monoisotopic (exact) mass is 224 g/mol. The molecule has 0 amide bonds. The predicted molar refractivity (Wildman–Crippen MR) is 58.2 cm³/mol. The molecule has 1 aromatic heterocycles. The van der Waals surface area contributed by atoms with Gasteiger partial charge in [0.15, 0.2) is 5.16 Å². The number of aromatic nitrogens is 2. The van der Waals surface area contributed by atoms with Crippen molar-refractivity contribution in [2.24, 2.45) is 5.73 Å². The maximum Gasteiger partial charge on any atom is 0.188 e. The summed E-state index contributed by atoms with van der Waals surface area (Å²) in [5.41, 5.74) is 6.71. The van der Waals surface area contributed by atoms with Crippen LogP contribution in [0.25, 0.3) is 0 Å². The lowest BCUT2D eigenvalue weighted by Crippen LogP contribution is -2.30. The first-order chi connectivity index (χ1) is 7.15. The van der Waals surface area contributed by atoms with Crippen LogP contribution in [-0.4, -0.2) is 34.3 Å². The molecule has 3 N–H and O–H groups in total. The Labute approximate surface area is 92.0 Å². The molecule has 1 aromatic rings. The molecule has 0 spiro atoms.